The molecule has 34 heavy (non-hydrogen) atoms. The number of rotatable bonds is 11. The predicted molar refractivity (Wildman–Crippen MR) is 139 cm³/mol. The normalized spacial score (nSPS) is 11.3. The van der Waals surface area contributed by atoms with Crippen LogP contribution in [0.1, 0.15) is 67.4 Å². The van der Waals surface area contributed by atoms with Crippen LogP contribution >= 0.6 is 11.3 Å². The first kappa shape index (κ1) is 25.6. The van der Waals surface area contributed by atoms with Crippen LogP contribution in [0.25, 0.3) is 10.4 Å². The van der Waals surface area contributed by atoms with Crippen LogP contribution in [0.3, 0.4) is 0 Å². The van der Waals surface area contributed by atoms with Gasteiger partial charge in [0.25, 0.3) is 5.91 Å². The molecule has 0 unspecified atom stereocenters. The number of carbonyl (C=O) groups is 2. The number of methoxy groups -OCH3 is 1. The zero-order valence-electron chi connectivity index (χ0n) is 20.5. The number of nitrogens with zero attached hydrogens (tertiary/aromatic N) is 1. The summed E-state index contributed by atoms with van der Waals surface area (Å²) in [6.07, 6.45) is 7.60. The van der Waals surface area contributed by atoms with Crippen LogP contribution in [0.15, 0.2) is 54.7 Å². The largest absolute Gasteiger partial charge is 0.469 e. The number of aromatic nitrogens is 1. The molecule has 1 N–H and O–H groups in total. The SMILES string of the molecule is CCCCCc1ccc(C(=O)Nc2ccc(-c3cnc(CC(C)(C)CC(=O)OC)s3)cc2)cc1. The highest BCUT2D eigenvalue weighted by Gasteiger charge is 2.24. The van der Waals surface area contributed by atoms with Gasteiger partial charge in [-0.25, -0.2) is 4.98 Å². The maximum atomic E-state index is 12.6. The van der Waals surface area contributed by atoms with Crippen molar-refractivity contribution in [2.45, 2.75) is 59.3 Å². The second-order valence-corrected chi connectivity index (χ2v) is 10.5. The molecule has 0 bridgehead atoms. The van der Waals surface area contributed by atoms with Crippen LogP contribution in [-0.4, -0.2) is 24.0 Å². The van der Waals surface area contributed by atoms with Crippen molar-refractivity contribution in [2.75, 3.05) is 12.4 Å². The summed E-state index contributed by atoms with van der Waals surface area (Å²) in [5.74, 6) is -0.317. The Labute approximate surface area is 206 Å². The summed E-state index contributed by atoms with van der Waals surface area (Å²) in [4.78, 5) is 29.9. The predicted octanol–water partition coefficient (Wildman–Crippen LogP) is 6.93. The van der Waals surface area contributed by atoms with Crippen LogP contribution in [0.4, 0.5) is 5.69 Å². The molecular formula is C28H34N2O3S. The fourth-order valence-electron chi connectivity index (χ4n) is 3.78. The van der Waals surface area contributed by atoms with Crippen molar-refractivity contribution in [1.82, 2.24) is 4.98 Å². The highest BCUT2D eigenvalue weighted by atomic mass is 32.1. The molecule has 0 spiro atoms. The van der Waals surface area contributed by atoms with Crippen molar-refractivity contribution in [3.63, 3.8) is 0 Å². The first-order valence-corrected chi connectivity index (χ1v) is 12.6. The van der Waals surface area contributed by atoms with E-state index in [-0.39, 0.29) is 17.3 Å². The zero-order chi connectivity index (χ0) is 24.6. The van der Waals surface area contributed by atoms with Crippen molar-refractivity contribution in [3.05, 3.63) is 70.9 Å². The van der Waals surface area contributed by atoms with Gasteiger partial charge in [0.05, 0.1) is 23.4 Å². The Kier molecular flexibility index (Phi) is 8.99. The van der Waals surface area contributed by atoms with Crippen LogP contribution in [0.2, 0.25) is 0 Å². The third kappa shape index (κ3) is 7.52. The van der Waals surface area contributed by atoms with Gasteiger partial charge in [-0.15, -0.1) is 11.3 Å². The van der Waals surface area contributed by atoms with Gasteiger partial charge in [0, 0.05) is 23.9 Å². The van der Waals surface area contributed by atoms with Gasteiger partial charge in [-0.2, -0.15) is 0 Å². The summed E-state index contributed by atoms with van der Waals surface area (Å²) in [6, 6.07) is 15.7. The number of ether oxygens (including phenoxy) is 1. The van der Waals surface area contributed by atoms with Gasteiger partial charge in [-0.05, 0) is 53.6 Å². The first-order valence-electron chi connectivity index (χ1n) is 11.8. The van der Waals surface area contributed by atoms with Crippen molar-refractivity contribution in [1.29, 1.82) is 0 Å². The lowest BCUT2D eigenvalue weighted by Crippen LogP contribution is -2.20. The summed E-state index contributed by atoms with van der Waals surface area (Å²) >= 11 is 1.62. The van der Waals surface area contributed by atoms with Crippen LogP contribution < -0.4 is 5.32 Å². The number of nitrogens with one attached hydrogen (secondary N) is 1. The molecule has 0 radical (unpaired) electrons. The van der Waals surface area contributed by atoms with E-state index in [0.717, 1.165) is 27.6 Å². The molecule has 2 aromatic carbocycles. The van der Waals surface area contributed by atoms with E-state index in [1.54, 1.807) is 11.3 Å². The number of esters is 1. The minimum atomic E-state index is -0.218. The maximum absolute atomic E-state index is 12.6. The average Bonchev–Trinajstić information content (AvgIpc) is 3.27. The molecule has 3 aromatic rings. The average molecular weight is 479 g/mol. The van der Waals surface area contributed by atoms with Crippen LogP contribution in [0, 0.1) is 5.41 Å². The minimum Gasteiger partial charge on any atom is -0.469 e. The molecule has 0 aliphatic carbocycles. The second kappa shape index (κ2) is 11.9. The number of aryl methyl sites for hydroxylation is 1. The van der Waals surface area contributed by atoms with E-state index in [2.05, 4.69) is 17.2 Å². The maximum Gasteiger partial charge on any atom is 0.306 e. The van der Waals surface area contributed by atoms with Gasteiger partial charge < -0.3 is 10.1 Å². The highest BCUT2D eigenvalue weighted by molar-refractivity contribution is 7.15. The molecule has 0 saturated carbocycles. The van der Waals surface area contributed by atoms with Crippen LogP contribution in [0.5, 0.6) is 0 Å². The van der Waals surface area contributed by atoms with E-state index in [0.29, 0.717) is 18.4 Å². The summed E-state index contributed by atoms with van der Waals surface area (Å²) < 4.78 is 4.80. The van der Waals surface area contributed by atoms with E-state index < -0.39 is 0 Å². The molecule has 0 aliphatic rings. The van der Waals surface area contributed by atoms with Crippen LogP contribution in [-0.2, 0) is 22.4 Å². The van der Waals surface area contributed by atoms with Gasteiger partial charge in [0.1, 0.15) is 0 Å². The summed E-state index contributed by atoms with van der Waals surface area (Å²) in [7, 11) is 1.41. The Hall–Kier alpha value is -2.99. The molecule has 3 rings (SSSR count). The standard InChI is InChI=1S/C28H34N2O3S/c1-5-6-7-8-20-9-11-22(12-10-20)27(32)30-23-15-13-21(14-16-23)24-19-29-25(34-24)17-28(2,3)18-26(31)33-4/h9-16,19H,5-8,17-18H2,1-4H3,(H,30,32). The van der Waals surface area contributed by atoms with Crippen molar-refractivity contribution < 1.29 is 14.3 Å². The summed E-state index contributed by atoms with van der Waals surface area (Å²) in [5, 5.41) is 3.96. The topological polar surface area (TPSA) is 68.3 Å². The van der Waals surface area contributed by atoms with E-state index >= 15 is 0 Å². The molecule has 180 valence electrons. The second-order valence-electron chi connectivity index (χ2n) is 9.40. The molecule has 5 nitrogen and oxygen atoms in total. The highest BCUT2D eigenvalue weighted by Crippen LogP contribution is 2.32. The van der Waals surface area contributed by atoms with Gasteiger partial charge in [0.15, 0.2) is 0 Å². The molecule has 0 aliphatic heterocycles. The zero-order valence-corrected chi connectivity index (χ0v) is 21.3. The molecular weight excluding hydrogens is 444 g/mol. The third-order valence-electron chi connectivity index (χ3n) is 5.75. The number of benzene rings is 2. The number of unbranched alkanes of at least 4 members (excludes halogenated alkanes) is 2. The first-order chi connectivity index (χ1) is 16.3. The van der Waals surface area contributed by atoms with E-state index in [1.165, 1.54) is 31.9 Å². The van der Waals surface area contributed by atoms with Crippen molar-refractivity contribution in [2.24, 2.45) is 5.41 Å². The van der Waals surface area contributed by atoms with Gasteiger partial charge in [-0.3, -0.25) is 9.59 Å². The Morgan fingerprint density at radius 2 is 1.74 bits per heavy atom. The molecule has 0 atom stereocenters. The Bertz CT molecular complexity index is 1090. The monoisotopic (exact) mass is 478 g/mol. The van der Waals surface area contributed by atoms with Gasteiger partial charge in [-0.1, -0.05) is 57.9 Å². The number of thiazole rings is 1. The van der Waals surface area contributed by atoms with Gasteiger partial charge in [0.2, 0.25) is 0 Å². The minimum absolute atomic E-state index is 0.110. The Balaban J connectivity index is 1.58. The summed E-state index contributed by atoms with van der Waals surface area (Å²) in [6.45, 7) is 6.29. The molecule has 0 fully saturated rings. The smallest absolute Gasteiger partial charge is 0.306 e. The lowest BCUT2D eigenvalue weighted by Gasteiger charge is -2.21. The number of amides is 1. The number of hydrogen-bond acceptors (Lipinski definition) is 5. The van der Waals surface area contributed by atoms with Gasteiger partial charge >= 0.3 is 5.97 Å². The van der Waals surface area contributed by atoms with Crippen molar-refractivity contribution in [3.8, 4) is 10.4 Å². The number of anilines is 1. The molecule has 1 heterocycles. The molecule has 1 amide bonds. The Morgan fingerprint density at radius 3 is 2.38 bits per heavy atom. The lowest BCUT2D eigenvalue weighted by molar-refractivity contribution is -0.142. The number of carbonyl (C=O) groups excluding carboxylic acids is 2. The third-order valence-corrected chi connectivity index (χ3v) is 6.79. The quantitative estimate of drug-likeness (QED) is 0.240. The molecule has 0 saturated heterocycles. The van der Waals surface area contributed by atoms with E-state index in [4.69, 9.17) is 4.74 Å². The Morgan fingerprint density at radius 1 is 1.03 bits per heavy atom. The van der Waals surface area contributed by atoms with Crippen molar-refractivity contribution >= 4 is 28.9 Å². The summed E-state index contributed by atoms with van der Waals surface area (Å²) in [5.41, 5.74) is 3.51. The van der Waals surface area contributed by atoms with E-state index in [1.807, 2.05) is 68.6 Å². The lowest BCUT2D eigenvalue weighted by atomic mass is 9.86. The fraction of sp³-hybridized carbons (Fsp3) is 0.393. The molecule has 1 aromatic heterocycles. The van der Waals surface area contributed by atoms with E-state index in [9.17, 15) is 9.59 Å². The molecule has 6 heteroatoms. The number of hydrogen-bond donors (Lipinski definition) is 1. The fourth-order valence-corrected chi connectivity index (χ4v) is 4.96.